The summed E-state index contributed by atoms with van der Waals surface area (Å²) in [6, 6.07) is 13.6. The fourth-order valence-electron chi connectivity index (χ4n) is 2.50. The predicted molar refractivity (Wildman–Crippen MR) is 103 cm³/mol. The fraction of sp³-hybridized carbons (Fsp3) is 0. The number of rotatable bonds is 3. The maximum Gasteiger partial charge on any atom is 0.263 e. The summed E-state index contributed by atoms with van der Waals surface area (Å²) < 4.78 is 2.26. The molecule has 0 radical (unpaired) electrons. The summed E-state index contributed by atoms with van der Waals surface area (Å²) in [5, 5.41) is 7.33. The monoisotopic (exact) mass is 364 g/mol. The van der Waals surface area contributed by atoms with Gasteiger partial charge in [0.05, 0.1) is 10.6 Å². The molecule has 0 atom stereocenters. The second kappa shape index (κ2) is 6.62. The Kier molecular flexibility index (Phi) is 4.17. The van der Waals surface area contributed by atoms with Gasteiger partial charge in [0.1, 0.15) is 10.0 Å². The predicted octanol–water partition coefficient (Wildman–Crippen LogP) is 3.42. The van der Waals surface area contributed by atoms with Crippen LogP contribution in [-0.4, -0.2) is 25.0 Å². The number of nitrogens with zero attached hydrogens (tertiary/aromatic N) is 3. The fourth-order valence-corrected chi connectivity index (χ4v) is 3.53. The highest BCUT2D eigenvalue weighted by Gasteiger charge is 2.23. The molecule has 1 saturated heterocycles. The summed E-state index contributed by atoms with van der Waals surface area (Å²) >= 11 is 6.31. The summed E-state index contributed by atoms with van der Waals surface area (Å²) in [5.41, 5.74) is 3.42. The summed E-state index contributed by atoms with van der Waals surface area (Å²) in [5.74, 6) is -0.181. The van der Waals surface area contributed by atoms with Gasteiger partial charge in [-0.05, 0) is 30.3 Å². The third-order valence-electron chi connectivity index (χ3n) is 3.63. The zero-order valence-corrected chi connectivity index (χ0v) is 14.6. The highest BCUT2D eigenvalue weighted by atomic mass is 32.2. The highest BCUT2D eigenvalue weighted by molar-refractivity contribution is 8.26. The van der Waals surface area contributed by atoms with Gasteiger partial charge >= 0.3 is 0 Å². The van der Waals surface area contributed by atoms with Crippen LogP contribution in [0.15, 0.2) is 66.0 Å². The van der Waals surface area contributed by atoms with E-state index in [2.05, 4.69) is 10.3 Å². The number of hydrogen-bond acceptors (Lipinski definition) is 5. The summed E-state index contributed by atoms with van der Waals surface area (Å²) in [6.45, 7) is 0. The third-order valence-corrected chi connectivity index (χ3v) is 4.79. The molecule has 1 amide bonds. The lowest BCUT2D eigenvalue weighted by Crippen LogP contribution is -2.17. The van der Waals surface area contributed by atoms with Crippen LogP contribution < -0.4 is 5.32 Å². The molecule has 0 spiro atoms. The van der Waals surface area contributed by atoms with Crippen molar-refractivity contribution in [2.24, 2.45) is 0 Å². The molecule has 1 fully saturated rings. The smallest absolute Gasteiger partial charge is 0.263 e. The van der Waals surface area contributed by atoms with E-state index in [1.54, 1.807) is 17.1 Å². The lowest BCUT2D eigenvalue weighted by Gasteiger charge is -2.00. The van der Waals surface area contributed by atoms with Crippen molar-refractivity contribution in [2.45, 2.75) is 0 Å². The molecule has 3 aromatic rings. The zero-order chi connectivity index (χ0) is 17.2. The Morgan fingerprint density at radius 2 is 2.00 bits per heavy atom. The van der Waals surface area contributed by atoms with Crippen LogP contribution in [0.5, 0.6) is 0 Å². The number of nitrogens with one attached hydrogen (secondary N) is 1. The number of amides is 1. The number of carbonyl (C=O) groups is 1. The molecule has 1 aliphatic heterocycles. The van der Waals surface area contributed by atoms with Gasteiger partial charge in [-0.2, -0.15) is 5.10 Å². The first kappa shape index (κ1) is 15.7. The second-order valence-corrected chi connectivity index (χ2v) is 7.03. The molecule has 3 heterocycles. The van der Waals surface area contributed by atoms with Crippen molar-refractivity contribution in [3.8, 4) is 16.9 Å². The van der Waals surface area contributed by atoms with Crippen LogP contribution in [0.4, 0.5) is 0 Å². The molecule has 4 rings (SSSR count). The largest absolute Gasteiger partial charge is 0.307 e. The quantitative estimate of drug-likeness (QED) is 0.570. The second-order valence-electron chi connectivity index (χ2n) is 5.31. The SMILES string of the molecule is O=C1NC(=S)S/C1=C/c1cn(-c2ccccc2)nc1-c1cccnc1. The number of benzene rings is 1. The number of carbonyl (C=O) groups excluding carboxylic acids is 1. The van der Waals surface area contributed by atoms with Gasteiger partial charge in [0, 0.05) is 29.7 Å². The molecule has 5 nitrogen and oxygen atoms in total. The number of para-hydroxylation sites is 1. The van der Waals surface area contributed by atoms with E-state index in [0.717, 1.165) is 22.5 Å². The molecule has 1 aromatic carbocycles. The van der Waals surface area contributed by atoms with Crippen molar-refractivity contribution in [3.63, 3.8) is 0 Å². The molecule has 0 bridgehead atoms. The van der Waals surface area contributed by atoms with Gasteiger partial charge in [0.15, 0.2) is 0 Å². The van der Waals surface area contributed by atoms with Crippen LogP contribution in [0, 0.1) is 0 Å². The summed E-state index contributed by atoms with van der Waals surface area (Å²) in [6.07, 6.45) is 7.19. The Hall–Kier alpha value is -2.77. The molecule has 1 N–H and O–H groups in total. The number of aromatic nitrogens is 3. The molecule has 1 aliphatic rings. The molecular formula is C18H12N4OS2. The molecule has 0 aliphatic carbocycles. The standard InChI is InChI=1S/C18H12N4OS2/c23-17-15(25-18(24)20-17)9-13-11-22(14-6-2-1-3-7-14)21-16(13)12-5-4-8-19-10-12/h1-11H,(H,20,23,24)/b15-9+. The maximum absolute atomic E-state index is 12.0. The average molecular weight is 364 g/mol. The lowest BCUT2D eigenvalue weighted by atomic mass is 10.1. The van der Waals surface area contributed by atoms with E-state index in [4.69, 9.17) is 17.3 Å². The van der Waals surface area contributed by atoms with Crippen molar-refractivity contribution in [1.82, 2.24) is 20.1 Å². The van der Waals surface area contributed by atoms with Gasteiger partial charge in [-0.3, -0.25) is 9.78 Å². The minimum Gasteiger partial charge on any atom is -0.307 e. The summed E-state index contributed by atoms with van der Waals surface area (Å²) in [7, 11) is 0. The number of thiocarbonyl (C=S) groups is 1. The van der Waals surface area contributed by atoms with Crippen LogP contribution in [0.3, 0.4) is 0 Å². The number of hydrogen-bond donors (Lipinski definition) is 1. The van der Waals surface area contributed by atoms with Gasteiger partial charge < -0.3 is 5.32 Å². The van der Waals surface area contributed by atoms with Gasteiger partial charge in [0.25, 0.3) is 5.91 Å². The van der Waals surface area contributed by atoms with E-state index < -0.39 is 0 Å². The van der Waals surface area contributed by atoms with Crippen LogP contribution in [0.2, 0.25) is 0 Å². The molecule has 0 unspecified atom stereocenters. The number of thioether (sulfide) groups is 1. The Bertz CT molecular complexity index is 981. The molecule has 2 aromatic heterocycles. The Morgan fingerprint density at radius 3 is 2.68 bits per heavy atom. The minimum atomic E-state index is -0.181. The first-order chi connectivity index (χ1) is 12.2. The Morgan fingerprint density at radius 1 is 1.16 bits per heavy atom. The maximum atomic E-state index is 12.0. The Balaban J connectivity index is 1.84. The first-order valence-corrected chi connectivity index (χ1v) is 8.73. The van der Waals surface area contributed by atoms with E-state index >= 15 is 0 Å². The topological polar surface area (TPSA) is 59.8 Å². The average Bonchev–Trinajstić information content (AvgIpc) is 3.20. The first-order valence-electron chi connectivity index (χ1n) is 7.51. The van der Waals surface area contributed by atoms with Gasteiger partial charge in [-0.15, -0.1) is 0 Å². The van der Waals surface area contributed by atoms with Gasteiger partial charge in [-0.25, -0.2) is 4.68 Å². The molecule has 25 heavy (non-hydrogen) atoms. The molecule has 122 valence electrons. The Labute approximate surface area is 153 Å². The zero-order valence-electron chi connectivity index (χ0n) is 12.9. The van der Waals surface area contributed by atoms with Crippen LogP contribution in [0.25, 0.3) is 23.0 Å². The van der Waals surface area contributed by atoms with Crippen LogP contribution in [0.1, 0.15) is 5.56 Å². The van der Waals surface area contributed by atoms with E-state index in [9.17, 15) is 4.79 Å². The van der Waals surface area contributed by atoms with Gasteiger partial charge in [-0.1, -0.05) is 42.2 Å². The van der Waals surface area contributed by atoms with Gasteiger partial charge in [0.2, 0.25) is 0 Å². The van der Waals surface area contributed by atoms with Crippen LogP contribution >= 0.6 is 24.0 Å². The normalized spacial score (nSPS) is 15.6. The van der Waals surface area contributed by atoms with E-state index in [1.807, 2.05) is 54.7 Å². The van der Waals surface area contributed by atoms with E-state index in [1.165, 1.54) is 11.8 Å². The van der Waals surface area contributed by atoms with Crippen molar-refractivity contribution in [3.05, 3.63) is 71.5 Å². The van der Waals surface area contributed by atoms with Crippen molar-refractivity contribution >= 4 is 40.3 Å². The highest BCUT2D eigenvalue weighted by Crippen LogP contribution is 2.30. The van der Waals surface area contributed by atoms with Crippen LogP contribution in [-0.2, 0) is 4.79 Å². The summed E-state index contributed by atoms with van der Waals surface area (Å²) in [4.78, 5) is 16.7. The van der Waals surface area contributed by atoms with Crippen molar-refractivity contribution < 1.29 is 4.79 Å². The van der Waals surface area contributed by atoms with E-state index in [-0.39, 0.29) is 5.91 Å². The van der Waals surface area contributed by atoms with E-state index in [0.29, 0.717) is 9.23 Å². The molecule has 0 saturated carbocycles. The number of pyridine rings is 1. The third kappa shape index (κ3) is 3.24. The van der Waals surface area contributed by atoms with Crippen molar-refractivity contribution in [1.29, 1.82) is 0 Å². The minimum absolute atomic E-state index is 0.181. The van der Waals surface area contributed by atoms with Crippen molar-refractivity contribution in [2.75, 3.05) is 0 Å². The molecule has 7 heteroatoms. The lowest BCUT2D eigenvalue weighted by molar-refractivity contribution is -0.115. The molecular weight excluding hydrogens is 352 g/mol.